The van der Waals surface area contributed by atoms with Gasteiger partial charge in [-0.15, -0.1) is 0 Å². The molecule has 0 unspecified atom stereocenters. The summed E-state index contributed by atoms with van der Waals surface area (Å²) >= 11 is 0. The largest absolute Gasteiger partial charge is 0.384 e. The first-order valence-corrected chi connectivity index (χ1v) is 5.90. The monoisotopic (exact) mass is 235 g/mol. The van der Waals surface area contributed by atoms with Crippen LogP contribution in [0.2, 0.25) is 0 Å². The van der Waals surface area contributed by atoms with Gasteiger partial charge in [0.15, 0.2) is 0 Å². The third-order valence-electron chi connectivity index (χ3n) is 2.90. The molecule has 1 heterocycles. The van der Waals surface area contributed by atoms with Crippen molar-refractivity contribution in [2.45, 2.75) is 40.7 Å². The maximum absolute atomic E-state index is 12.2. The van der Waals surface area contributed by atoms with Crippen LogP contribution in [0.5, 0.6) is 0 Å². The van der Waals surface area contributed by atoms with E-state index in [4.69, 9.17) is 11.1 Å². The zero-order valence-electron chi connectivity index (χ0n) is 11.0. The minimum Gasteiger partial charge on any atom is -0.384 e. The Bertz CT molecular complexity index is 486. The van der Waals surface area contributed by atoms with Gasteiger partial charge in [0.2, 0.25) is 0 Å². The summed E-state index contributed by atoms with van der Waals surface area (Å²) in [6, 6.07) is 1.92. The van der Waals surface area contributed by atoms with E-state index in [2.05, 4.69) is 13.8 Å². The number of nitrogen functional groups attached to an aromatic ring is 1. The molecule has 0 fully saturated rings. The number of hydrogen-bond donors (Lipinski definition) is 2. The summed E-state index contributed by atoms with van der Waals surface area (Å²) in [5.41, 5.74) is 7.36. The number of rotatable bonds is 4. The molecule has 0 radical (unpaired) electrons. The van der Waals surface area contributed by atoms with Gasteiger partial charge in [0.1, 0.15) is 5.84 Å². The van der Waals surface area contributed by atoms with Crippen LogP contribution in [0.3, 0.4) is 0 Å². The van der Waals surface area contributed by atoms with Crippen molar-refractivity contribution in [3.05, 3.63) is 33.2 Å². The minimum atomic E-state index is -0.147. The summed E-state index contributed by atoms with van der Waals surface area (Å²) < 4.78 is 1.71. The van der Waals surface area contributed by atoms with Gasteiger partial charge in [-0.1, -0.05) is 13.8 Å². The van der Waals surface area contributed by atoms with Gasteiger partial charge in [0.05, 0.1) is 5.56 Å². The van der Waals surface area contributed by atoms with E-state index in [0.29, 0.717) is 18.0 Å². The number of nitrogens with zero attached hydrogens (tertiary/aromatic N) is 1. The van der Waals surface area contributed by atoms with E-state index in [9.17, 15) is 4.79 Å². The summed E-state index contributed by atoms with van der Waals surface area (Å²) in [5, 5.41) is 7.47. The highest BCUT2D eigenvalue weighted by Gasteiger charge is 2.12. The Kier molecular flexibility index (Phi) is 4.10. The average molecular weight is 235 g/mol. The summed E-state index contributed by atoms with van der Waals surface area (Å²) in [5.74, 6) is 0.397. The van der Waals surface area contributed by atoms with Crippen molar-refractivity contribution in [3.63, 3.8) is 0 Å². The van der Waals surface area contributed by atoms with Crippen LogP contribution < -0.4 is 11.3 Å². The van der Waals surface area contributed by atoms with Gasteiger partial charge >= 0.3 is 0 Å². The van der Waals surface area contributed by atoms with Crippen molar-refractivity contribution in [3.8, 4) is 0 Å². The minimum absolute atomic E-state index is 0.143. The molecule has 0 aliphatic heterocycles. The summed E-state index contributed by atoms with van der Waals surface area (Å²) in [4.78, 5) is 12.2. The fraction of sp³-hybridized carbons (Fsp3) is 0.538. The SMILES string of the molecule is Cc1cc(C)n(CCC(C)C)c(=O)c1C(=N)N. The highest BCUT2D eigenvalue weighted by Crippen LogP contribution is 2.08. The number of pyridine rings is 1. The molecule has 0 atom stereocenters. The predicted octanol–water partition coefficient (Wildman–Crippen LogP) is 1.80. The van der Waals surface area contributed by atoms with Crippen molar-refractivity contribution in [2.24, 2.45) is 11.7 Å². The van der Waals surface area contributed by atoms with E-state index in [1.807, 2.05) is 19.9 Å². The number of aryl methyl sites for hydroxylation is 2. The van der Waals surface area contributed by atoms with Crippen LogP contribution in [0.25, 0.3) is 0 Å². The van der Waals surface area contributed by atoms with Crippen molar-refractivity contribution in [2.75, 3.05) is 0 Å². The van der Waals surface area contributed by atoms with Crippen LogP contribution in [-0.4, -0.2) is 10.4 Å². The molecule has 94 valence electrons. The molecular weight excluding hydrogens is 214 g/mol. The average Bonchev–Trinajstić information content (AvgIpc) is 2.14. The highest BCUT2D eigenvalue weighted by atomic mass is 16.1. The zero-order chi connectivity index (χ0) is 13.2. The second-order valence-corrected chi connectivity index (χ2v) is 4.90. The predicted molar refractivity (Wildman–Crippen MR) is 70.6 cm³/mol. The zero-order valence-corrected chi connectivity index (χ0v) is 11.0. The standard InChI is InChI=1S/C13H21N3O/c1-8(2)5-6-16-10(4)7-9(3)11(12(14)15)13(16)17/h7-8H,5-6H2,1-4H3,(H3,14,15). The molecule has 0 saturated heterocycles. The number of nitrogens with two attached hydrogens (primary N) is 1. The molecule has 1 rings (SSSR count). The van der Waals surface area contributed by atoms with Crippen LogP contribution >= 0.6 is 0 Å². The third kappa shape index (κ3) is 2.96. The van der Waals surface area contributed by atoms with Gasteiger partial charge in [-0.3, -0.25) is 10.2 Å². The molecule has 4 nitrogen and oxygen atoms in total. The van der Waals surface area contributed by atoms with E-state index in [1.165, 1.54) is 0 Å². The molecule has 0 aliphatic rings. The van der Waals surface area contributed by atoms with E-state index in [-0.39, 0.29) is 11.4 Å². The molecule has 1 aromatic rings. The van der Waals surface area contributed by atoms with Crippen molar-refractivity contribution in [1.29, 1.82) is 5.41 Å². The Balaban J connectivity index is 3.26. The summed E-state index contributed by atoms with van der Waals surface area (Å²) in [6.07, 6.45) is 0.946. The van der Waals surface area contributed by atoms with Gasteiger partial charge in [-0.25, -0.2) is 0 Å². The Hall–Kier alpha value is -1.58. The fourth-order valence-corrected chi connectivity index (χ4v) is 1.92. The molecular formula is C13H21N3O. The Morgan fingerprint density at radius 2 is 2.06 bits per heavy atom. The lowest BCUT2D eigenvalue weighted by Gasteiger charge is -2.14. The fourth-order valence-electron chi connectivity index (χ4n) is 1.92. The molecule has 0 bridgehead atoms. The van der Waals surface area contributed by atoms with Crippen molar-refractivity contribution >= 4 is 5.84 Å². The topological polar surface area (TPSA) is 71.9 Å². The first-order valence-electron chi connectivity index (χ1n) is 5.90. The molecule has 1 aromatic heterocycles. The van der Waals surface area contributed by atoms with Crippen LogP contribution in [0.4, 0.5) is 0 Å². The Morgan fingerprint density at radius 3 is 2.53 bits per heavy atom. The van der Waals surface area contributed by atoms with E-state index in [1.54, 1.807) is 4.57 Å². The van der Waals surface area contributed by atoms with Crippen molar-refractivity contribution < 1.29 is 0 Å². The molecule has 0 aromatic carbocycles. The molecule has 17 heavy (non-hydrogen) atoms. The molecule has 0 aliphatic carbocycles. The smallest absolute Gasteiger partial charge is 0.261 e. The highest BCUT2D eigenvalue weighted by molar-refractivity contribution is 5.95. The van der Waals surface area contributed by atoms with Gasteiger partial charge in [-0.05, 0) is 37.8 Å². The molecule has 0 amide bonds. The maximum Gasteiger partial charge on any atom is 0.261 e. The summed E-state index contributed by atoms with van der Waals surface area (Å²) in [7, 11) is 0. The van der Waals surface area contributed by atoms with E-state index < -0.39 is 0 Å². The van der Waals surface area contributed by atoms with Gasteiger partial charge in [-0.2, -0.15) is 0 Å². The quantitative estimate of drug-likeness (QED) is 0.617. The Labute approximate surface area is 102 Å². The van der Waals surface area contributed by atoms with Crippen molar-refractivity contribution in [1.82, 2.24) is 4.57 Å². The molecule has 0 saturated carbocycles. The number of aromatic nitrogens is 1. The summed E-state index contributed by atoms with van der Waals surface area (Å²) in [6.45, 7) is 8.67. The van der Waals surface area contributed by atoms with Crippen LogP contribution in [-0.2, 0) is 6.54 Å². The first kappa shape index (κ1) is 13.5. The normalized spacial score (nSPS) is 10.9. The number of hydrogen-bond acceptors (Lipinski definition) is 2. The molecule has 0 spiro atoms. The van der Waals surface area contributed by atoms with E-state index in [0.717, 1.165) is 17.7 Å². The van der Waals surface area contributed by atoms with Gasteiger partial charge in [0.25, 0.3) is 5.56 Å². The van der Waals surface area contributed by atoms with Crippen LogP contribution in [0.1, 0.15) is 37.1 Å². The lowest BCUT2D eigenvalue weighted by Crippen LogP contribution is -2.32. The Morgan fingerprint density at radius 1 is 1.47 bits per heavy atom. The second-order valence-electron chi connectivity index (χ2n) is 4.90. The number of nitrogens with one attached hydrogen (secondary N) is 1. The lowest BCUT2D eigenvalue weighted by molar-refractivity contribution is 0.501. The second kappa shape index (κ2) is 5.17. The number of amidine groups is 1. The molecule has 3 N–H and O–H groups in total. The third-order valence-corrected chi connectivity index (χ3v) is 2.90. The first-order chi connectivity index (χ1) is 7.84. The van der Waals surface area contributed by atoms with Gasteiger partial charge < -0.3 is 10.3 Å². The maximum atomic E-state index is 12.2. The van der Waals surface area contributed by atoms with E-state index >= 15 is 0 Å². The van der Waals surface area contributed by atoms with Crippen LogP contribution in [0, 0.1) is 25.2 Å². The lowest BCUT2D eigenvalue weighted by atomic mass is 10.1. The van der Waals surface area contributed by atoms with Gasteiger partial charge in [0, 0.05) is 12.2 Å². The van der Waals surface area contributed by atoms with Crippen LogP contribution in [0.15, 0.2) is 10.9 Å². The molecule has 4 heteroatoms.